The summed E-state index contributed by atoms with van der Waals surface area (Å²) < 4.78 is 6.99. The summed E-state index contributed by atoms with van der Waals surface area (Å²) in [5.41, 5.74) is 2.98. The van der Waals surface area contributed by atoms with Gasteiger partial charge in [0.2, 0.25) is 5.91 Å². The van der Waals surface area contributed by atoms with Crippen LogP contribution in [0.1, 0.15) is 75.0 Å². The predicted octanol–water partition coefficient (Wildman–Crippen LogP) is 6.18. The Kier molecular flexibility index (Phi) is 8.54. The van der Waals surface area contributed by atoms with Crippen LogP contribution in [-0.2, 0) is 9.53 Å². The number of anilines is 1. The number of amides is 1. The molecule has 1 aliphatic rings. The van der Waals surface area contributed by atoms with Crippen LogP contribution in [0, 0.1) is 11.8 Å². The van der Waals surface area contributed by atoms with Crippen molar-refractivity contribution < 1.29 is 14.3 Å². The highest BCUT2D eigenvalue weighted by atomic mass is 16.5. The molecule has 7 heteroatoms. The molecule has 7 nitrogen and oxygen atoms in total. The minimum absolute atomic E-state index is 0.0349. The van der Waals surface area contributed by atoms with Crippen molar-refractivity contribution in [2.75, 3.05) is 11.5 Å². The molecule has 1 aromatic carbocycles. The molecular weight excluding hydrogens is 464 g/mol. The van der Waals surface area contributed by atoms with Gasteiger partial charge in [0.05, 0.1) is 18.0 Å². The van der Waals surface area contributed by atoms with Crippen LogP contribution < -0.4 is 4.90 Å². The molecule has 2 aromatic heterocycles. The summed E-state index contributed by atoms with van der Waals surface area (Å²) in [4.78, 5) is 32.6. The first-order chi connectivity index (χ1) is 17.9. The van der Waals surface area contributed by atoms with E-state index in [0.29, 0.717) is 17.3 Å². The van der Waals surface area contributed by atoms with E-state index in [1.165, 1.54) is 0 Å². The number of carbonyl (C=O) groups is 2. The van der Waals surface area contributed by atoms with E-state index >= 15 is 0 Å². The van der Waals surface area contributed by atoms with Gasteiger partial charge in [-0.05, 0) is 88.3 Å². The largest absolute Gasteiger partial charge is 0.462 e. The summed E-state index contributed by atoms with van der Waals surface area (Å²) in [6.07, 6.45) is 11.2. The smallest absolute Gasteiger partial charge is 0.343 e. The van der Waals surface area contributed by atoms with Gasteiger partial charge in [-0.15, -0.1) is 5.10 Å². The molecule has 1 amide bonds. The summed E-state index contributed by atoms with van der Waals surface area (Å²) >= 11 is 0. The molecule has 1 aliphatic carbocycles. The lowest BCUT2D eigenvalue weighted by atomic mass is 9.82. The number of hydrogen-bond donors (Lipinski definition) is 0. The van der Waals surface area contributed by atoms with Crippen LogP contribution in [-0.4, -0.2) is 39.3 Å². The van der Waals surface area contributed by atoms with Crippen molar-refractivity contribution >= 4 is 29.8 Å². The molecule has 1 fully saturated rings. The molecule has 0 N–H and O–H groups in total. The highest BCUT2D eigenvalue weighted by Gasteiger charge is 2.34. The van der Waals surface area contributed by atoms with Crippen molar-refractivity contribution in [2.24, 2.45) is 11.8 Å². The van der Waals surface area contributed by atoms with Crippen LogP contribution in [0.4, 0.5) is 5.82 Å². The van der Waals surface area contributed by atoms with Gasteiger partial charge in [-0.2, -0.15) is 0 Å². The van der Waals surface area contributed by atoms with Crippen molar-refractivity contribution in [1.82, 2.24) is 14.8 Å². The van der Waals surface area contributed by atoms with E-state index in [4.69, 9.17) is 9.84 Å². The van der Waals surface area contributed by atoms with Gasteiger partial charge in [0.1, 0.15) is 5.56 Å². The second kappa shape index (κ2) is 12.0. The maximum atomic E-state index is 13.7. The first-order valence-electron chi connectivity index (χ1n) is 13.2. The summed E-state index contributed by atoms with van der Waals surface area (Å²) in [5.74, 6) is 0.509. The SMILES string of the molecule is CCOC(=O)c1cn(-c2ccc(/C=C/c3ccccn3)cc2)nc1N(C(=O)C1CCC(C)CC1)C(C)C. The van der Waals surface area contributed by atoms with Crippen LogP contribution in [0.15, 0.2) is 54.9 Å². The predicted molar refractivity (Wildman–Crippen MR) is 146 cm³/mol. The number of aromatic nitrogens is 3. The van der Waals surface area contributed by atoms with Crippen molar-refractivity contribution in [3.8, 4) is 5.69 Å². The van der Waals surface area contributed by atoms with Gasteiger partial charge in [-0.1, -0.05) is 31.2 Å². The molecule has 3 aromatic rings. The molecular formula is C30H36N4O3. The summed E-state index contributed by atoms with van der Waals surface area (Å²) in [5, 5.41) is 4.75. The minimum Gasteiger partial charge on any atom is -0.462 e. The first-order valence-corrected chi connectivity index (χ1v) is 13.2. The normalized spacial score (nSPS) is 17.8. The zero-order valence-electron chi connectivity index (χ0n) is 22.1. The third-order valence-corrected chi connectivity index (χ3v) is 6.83. The van der Waals surface area contributed by atoms with Crippen molar-refractivity contribution in [3.63, 3.8) is 0 Å². The van der Waals surface area contributed by atoms with Gasteiger partial charge in [-0.3, -0.25) is 14.7 Å². The molecule has 2 heterocycles. The quantitative estimate of drug-likeness (QED) is 0.345. The maximum Gasteiger partial charge on any atom is 0.343 e. The Morgan fingerprint density at radius 2 is 1.81 bits per heavy atom. The molecule has 0 aliphatic heterocycles. The van der Waals surface area contributed by atoms with E-state index < -0.39 is 5.97 Å². The van der Waals surface area contributed by atoms with Gasteiger partial charge in [-0.25, -0.2) is 9.48 Å². The van der Waals surface area contributed by atoms with Gasteiger partial charge in [0, 0.05) is 24.4 Å². The molecule has 0 saturated heterocycles. The Labute approximate surface area is 219 Å². The lowest BCUT2D eigenvalue weighted by Gasteiger charge is -2.32. The Hall–Kier alpha value is -3.74. The topological polar surface area (TPSA) is 77.3 Å². The number of hydrogen-bond acceptors (Lipinski definition) is 5. The Balaban J connectivity index is 1.64. The van der Waals surface area contributed by atoms with E-state index in [1.54, 1.807) is 28.9 Å². The second-order valence-corrected chi connectivity index (χ2v) is 9.97. The number of benzene rings is 1. The fourth-order valence-corrected chi connectivity index (χ4v) is 4.73. The minimum atomic E-state index is -0.477. The molecule has 0 spiro atoms. The third-order valence-electron chi connectivity index (χ3n) is 6.83. The standard InChI is InChI=1S/C30H36N4O3/c1-5-37-30(36)27-20-33(26-17-12-23(13-18-26)11-16-25-8-6-7-19-31-25)32-28(27)34(21(2)3)29(35)24-14-9-22(4)10-15-24/h6-8,11-13,16-22,24H,5,9-10,14-15H2,1-4H3/b16-11+. The maximum absolute atomic E-state index is 13.7. The molecule has 0 unspecified atom stereocenters. The van der Waals surface area contributed by atoms with Crippen LogP contribution in [0.3, 0.4) is 0 Å². The summed E-state index contributed by atoms with van der Waals surface area (Å²) in [6.45, 7) is 8.17. The Morgan fingerprint density at radius 3 is 2.43 bits per heavy atom. The van der Waals surface area contributed by atoms with Crippen LogP contribution >= 0.6 is 0 Å². The fraction of sp³-hybridized carbons (Fsp3) is 0.400. The molecule has 0 atom stereocenters. The number of ether oxygens (including phenoxy) is 1. The lowest BCUT2D eigenvalue weighted by molar-refractivity contribution is -0.124. The zero-order valence-corrected chi connectivity index (χ0v) is 22.1. The second-order valence-electron chi connectivity index (χ2n) is 9.97. The number of rotatable bonds is 8. The third kappa shape index (κ3) is 6.34. The highest BCUT2D eigenvalue weighted by Crippen LogP contribution is 2.33. The van der Waals surface area contributed by atoms with Crippen LogP contribution in [0.25, 0.3) is 17.8 Å². The first kappa shape index (κ1) is 26.3. The highest BCUT2D eigenvalue weighted by molar-refractivity contribution is 6.02. The average molecular weight is 501 g/mol. The van der Waals surface area contributed by atoms with E-state index in [-0.39, 0.29) is 24.5 Å². The molecule has 0 bridgehead atoms. The Bertz CT molecular complexity index is 1220. The number of nitrogens with zero attached hydrogens (tertiary/aromatic N) is 4. The van der Waals surface area contributed by atoms with E-state index in [2.05, 4.69) is 11.9 Å². The molecule has 37 heavy (non-hydrogen) atoms. The van der Waals surface area contributed by atoms with Crippen LogP contribution in [0.5, 0.6) is 0 Å². The average Bonchev–Trinajstić information content (AvgIpc) is 3.33. The molecule has 4 rings (SSSR count). The molecule has 194 valence electrons. The van der Waals surface area contributed by atoms with E-state index in [0.717, 1.165) is 42.6 Å². The number of esters is 1. The fourth-order valence-electron chi connectivity index (χ4n) is 4.73. The van der Waals surface area contributed by atoms with E-state index in [1.807, 2.05) is 68.5 Å². The summed E-state index contributed by atoms with van der Waals surface area (Å²) in [7, 11) is 0. The zero-order chi connectivity index (χ0) is 26.4. The van der Waals surface area contributed by atoms with Crippen molar-refractivity contribution in [2.45, 2.75) is 59.4 Å². The van der Waals surface area contributed by atoms with Gasteiger partial charge in [0.25, 0.3) is 0 Å². The monoisotopic (exact) mass is 500 g/mol. The van der Waals surface area contributed by atoms with E-state index in [9.17, 15) is 9.59 Å². The van der Waals surface area contributed by atoms with Gasteiger partial charge in [0.15, 0.2) is 5.82 Å². The molecule has 1 saturated carbocycles. The van der Waals surface area contributed by atoms with Crippen LogP contribution in [0.2, 0.25) is 0 Å². The number of pyridine rings is 1. The lowest BCUT2D eigenvalue weighted by Crippen LogP contribution is -2.43. The van der Waals surface area contributed by atoms with Crippen molar-refractivity contribution in [3.05, 3.63) is 71.7 Å². The Morgan fingerprint density at radius 1 is 1.08 bits per heavy atom. The van der Waals surface area contributed by atoms with Gasteiger partial charge < -0.3 is 4.74 Å². The molecule has 0 radical (unpaired) electrons. The number of carbonyl (C=O) groups excluding carboxylic acids is 2. The van der Waals surface area contributed by atoms with Crippen molar-refractivity contribution in [1.29, 1.82) is 0 Å². The van der Waals surface area contributed by atoms with Gasteiger partial charge >= 0.3 is 5.97 Å². The summed E-state index contributed by atoms with van der Waals surface area (Å²) in [6, 6.07) is 13.5.